The van der Waals surface area contributed by atoms with Crippen LogP contribution in [0.3, 0.4) is 0 Å². The van der Waals surface area contributed by atoms with E-state index >= 15 is 0 Å². The van der Waals surface area contributed by atoms with Crippen LogP contribution in [0.4, 0.5) is 18.9 Å². The van der Waals surface area contributed by atoms with E-state index in [4.69, 9.17) is 5.73 Å². The number of pyridine rings is 2. The fourth-order valence-electron chi connectivity index (χ4n) is 2.91. The van der Waals surface area contributed by atoms with Crippen molar-refractivity contribution in [3.63, 3.8) is 0 Å². The van der Waals surface area contributed by atoms with E-state index in [1.807, 2.05) is 6.92 Å². The predicted octanol–water partition coefficient (Wildman–Crippen LogP) is 2.88. The molecule has 7 nitrogen and oxygen atoms in total. The van der Waals surface area contributed by atoms with E-state index in [-0.39, 0.29) is 22.4 Å². The number of benzene rings is 1. The van der Waals surface area contributed by atoms with Gasteiger partial charge in [-0.1, -0.05) is 17.7 Å². The first-order valence-electron chi connectivity index (χ1n) is 8.12. The highest BCUT2D eigenvalue weighted by Gasteiger charge is 2.33. The van der Waals surface area contributed by atoms with Gasteiger partial charge in [0.2, 0.25) is 0 Å². The lowest BCUT2D eigenvalue weighted by Crippen LogP contribution is -2.27. The second kappa shape index (κ2) is 6.19. The van der Waals surface area contributed by atoms with E-state index in [2.05, 4.69) is 15.1 Å². The summed E-state index contributed by atoms with van der Waals surface area (Å²) in [7, 11) is 0. The largest absolute Gasteiger partial charge is 0.433 e. The van der Waals surface area contributed by atoms with Crippen molar-refractivity contribution in [2.45, 2.75) is 13.1 Å². The molecule has 0 unspecified atom stereocenters. The van der Waals surface area contributed by atoms with E-state index in [1.165, 1.54) is 23.4 Å². The molecule has 28 heavy (non-hydrogen) atoms. The van der Waals surface area contributed by atoms with Crippen molar-refractivity contribution in [2.24, 2.45) is 0 Å². The fourth-order valence-corrected chi connectivity index (χ4v) is 2.91. The number of aryl methyl sites for hydroxylation is 1. The molecule has 142 valence electrons. The Hall–Kier alpha value is -3.69. The van der Waals surface area contributed by atoms with E-state index in [1.54, 1.807) is 24.3 Å². The molecule has 3 aromatic heterocycles. The molecule has 4 aromatic rings. The smallest absolute Gasteiger partial charge is 0.396 e. The van der Waals surface area contributed by atoms with Crippen molar-refractivity contribution < 1.29 is 13.2 Å². The zero-order valence-corrected chi connectivity index (χ0v) is 14.5. The van der Waals surface area contributed by atoms with Crippen LogP contribution in [-0.2, 0) is 6.18 Å². The SMILES string of the molecule is Cc1ccc(-n2c(=O)c(-n3cncn3)c(N)c3ccc(C(F)(F)F)nc32)cc1. The van der Waals surface area contributed by atoms with Crippen molar-refractivity contribution in [2.75, 3.05) is 5.73 Å². The molecular formula is C18H13F3N6O. The van der Waals surface area contributed by atoms with Gasteiger partial charge in [-0.25, -0.2) is 14.6 Å². The summed E-state index contributed by atoms with van der Waals surface area (Å²) in [4.78, 5) is 20.7. The van der Waals surface area contributed by atoms with Crippen LogP contribution in [0, 0.1) is 6.92 Å². The standard InChI is InChI=1S/C18H13F3N6O/c1-10-2-4-11(5-3-10)27-16-12(6-7-13(25-16)18(19,20)21)14(22)15(17(27)28)26-9-23-8-24-26/h2-9H,22H2,1H3. The zero-order valence-electron chi connectivity index (χ0n) is 14.5. The normalized spacial score (nSPS) is 11.9. The molecule has 0 aliphatic heterocycles. The Labute approximate surface area is 155 Å². The maximum atomic E-state index is 13.2. The number of nitrogens with two attached hydrogens (primary N) is 1. The number of hydrogen-bond donors (Lipinski definition) is 1. The number of fused-ring (bicyclic) bond motifs is 1. The van der Waals surface area contributed by atoms with E-state index in [9.17, 15) is 18.0 Å². The molecule has 4 rings (SSSR count). The molecule has 0 saturated heterocycles. The minimum absolute atomic E-state index is 0.0212. The van der Waals surface area contributed by atoms with Gasteiger partial charge in [0.05, 0.1) is 11.4 Å². The van der Waals surface area contributed by atoms with Crippen LogP contribution in [0.25, 0.3) is 22.4 Å². The third-order valence-electron chi connectivity index (χ3n) is 4.27. The van der Waals surface area contributed by atoms with Crippen molar-refractivity contribution >= 4 is 16.7 Å². The van der Waals surface area contributed by atoms with Crippen LogP contribution >= 0.6 is 0 Å². The maximum Gasteiger partial charge on any atom is 0.433 e. The third-order valence-corrected chi connectivity index (χ3v) is 4.27. The molecule has 0 saturated carbocycles. The van der Waals surface area contributed by atoms with Crippen LogP contribution in [-0.4, -0.2) is 24.3 Å². The fraction of sp³-hybridized carbons (Fsp3) is 0.111. The Morgan fingerprint density at radius 1 is 1.07 bits per heavy atom. The van der Waals surface area contributed by atoms with Crippen LogP contribution in [0.15, 0.2) is 53.8 Å². The summed E-state index contributed by atoms with van der Waals surface area (Å²) >= 11 is 0. The van der Waals surface area contributed by atoms with Crippen molar-refractivity contribution in [3.8, 4) is 11.4 Å². The first-order chi connectivity index (χ1) is 13.3. The van der Waals surface area contributed by atoms with Gasteiger partial charge in [0, 0.05) is 5.39 Å². The number of hydrogen-bond acceptors (Lipinski definition) is 5. The van der Waals surface area contributed by atoms with E-state index < -0.39 is 17.4 Å². The Kier molecular flexibility index (Phi) is 3.91. The monoisotopic (exact) mass is 386 g/mol. The number of rotatable bonds is 2. The Morgan fingerprint density at radius 2 is 1.79 bits per heavy atom. The molecule has 0 aliphatic rings. The molecule has 0 atom stereocenters. The Balaban J connectivity index is 2.16. The molecule has 0 spiro atoms. The lowest BCUT2D eigenvalue weighted by Gasteiger charge is -2.16. The molecule has 10 heteroatoms. The topological polar surface area (TPSA) is 91.6 Å². The number of halogens is 3. The van der Waals surface area contributed by atoms with Gasteiger partial charge >= 0.3 is 6.18 Å². The molecule has 0 bridgehead atoms. The summed E-state index contributed by atoms with van der Waals surface area (Å²) in [5, 5.41) is 4.13. The van der Waals surface area contributed by atoms with Gasteiger partial charge in [-0.15, -0.1) is 0 Å². The van der Waals surface area contributed by atoms with Crippen molar-refractivity contribution in [1.29, 1.82) is 0 Å². The van der Waals surface area contributed by atoms with Crippen molar-refractivity contribution in [1.82, 2.24) is 24.3 Å². The summed E-state index contributed by atoms with van der Waals surface area (Å²) in [6.07, 6.45) is -2.15. The highest BCUT2D eigenvalue weighted by molar-refractivity contribution is 5.93. The summed E-state index contributed by atoms with van der Waals surface area (Å²) in [6.45, 7) is 1.86. The summed E-state index contributed by atoms with van der Waals surface area (Å²) in [6, 6.07) is 8.76. The minimum Gasteiger partial charge on any atom is -0.396 e. The quantitative estimate of drug-likeness (QED) is 0.572. The number of nitrogen functional groups attached to an aromatic ring is 1. The zero-order chi connectivity index (χ0) is 20.1. The predicted molar refractivity (Wildman–Crippen MR) is 96.4 cm³/mol. The summed E-state index contributed by atoms with van der Waals surface area (Å²) < 4.78 is 41.9. The van der Waals surface area contributed by atoms with E-state index in [0.717, 1.165) is 16.2 Å². The van der Waals surface area contributed by atoms with Gasteiger partial charge in [-0.2, -0.15) is 18.3 Å². The Bertz CT molecular complexity index is 1230. The van der Waals surface area contributed by atoms with Gasteiger partial charge in [-0.05, 0) is 31.2 Å². The van der Waals surface area contributed by atoms with Crippen LogP contribution in [0.2, 0.25) is 0 Å². The molecule has 1 aromatic carbocycles. The average Bonchev–Trinajstić information content (AvgIpc) is 3.16. The number of aromatic nitrogens is 5. The van der Waals surface area contributed by atoms with Gasteiger partial charge in [0.15, 0.2) is 5.69 Å². The number of alkyl halides is 3. The minimum atomic E-state index is -4.66. The lowest BCUT2D eigenvalue weighted by molar-refractivity contribution is -0.141. The van der Waals surface area contributed by atoms with E-state index in [0.29, 0.717) is 5.69 Å². The molecular weight excluding hydrogens is 373 g/mol. The average molecular weight is 386 g/mol. The van der Waals surface area contributed by atoms with Gasteiger partial charge < -0.3 is 5.73 Å². The second-order valence-electron chi connectivity index (χ2n) is 6.14. The van der Waals surface area contributed by atoms with Gasteiger partial charge in [-0.3, -0.25) is 9.36 Å². The third kappa shape index (κ3) is 2.79. The Morgan fingerprint density at radius 3 is 2.39 bits per heavy atom. The first-order valence-corrected chi connectivity index (χ1v) is 8.12. The molecule has 0 amide bonds. The molecule has 0 fully saturated rings. The number of anilines is 1. The highest BCUT2D eigenvalue weighted by Crippen LogP contribution is 2.32. The lowest BCUT2D eigenvalue weighted by atomic mass is 10.1. The van der Waals surface area contributed by atoms with Crippen molar-refractivity contribution in [3.05, 3.63) is 70.7 Å². The van der Waals surface area contributed by atoms with Crippen LogP contribution < -0.4 is 11.3 Å². The number of nitrogens with zero attached hydrogens (tertiary/aromatic N) is 5. The molecule has 0 radical (unpaired) electrons. The summed E-state index contributed by atoms with van der Waals surface area (Å²) in [5.74, 6) is 0. The molecule has 2 N–H and O–H groups in total. The van der Waals surface area contributed by atoms with Crippen LogP contribution in [0.5, 0.6) is 0 Å². The van der Waals surface area contributed by atoms with Crippen LogP contribution in [0.1, 0.15) is 11.3 Å². The summed E-state index contributed by atoms with van der Waals surface area (Å²) in [5.41, 5.74) is 5.38. The molecule has 0 aliphatic carbocycles. The molecule has 3 heterocycles. The second-order valence-corrected chi connectivity index (χ2v) is 6.14. The van der Waals surface area contributed by atoms with Gasteiger partial charge in [0.25, 0.3) is 5.56 Å². The van der Waals surface area contributed by atoms with Gasteiger partial charge in [0.1, 0.15) is 24.0 Å². The highest BCUT2D eigenvalue weighted by atomic mass is 19.4. The first kappa shape index (κ1) is 17.7. The maximum absolute atomic E-state index is 13.2.